The lowest BCUT2D eigenvalue weighted by molar-refractivity contribution is -0.166. The van der Waals surface area contributed by atoms with Crippen molar-refractivity contribution in [3.8, 4) is 0 Å². The van der Waals surface area contributed by atoms with Gasteiger partial charge in [0.25, 0.3) is 6.43 Å². The van der Waals surface area contributed by atoms with Crippen LogP contribution in [0.15, 0.2) is 0 Å². The van der Waals surface area contributed by atoms with Gasteiger partial charge in [0.2, 0.25) is 0 Å². The first-order valence-electron chi connectivity index (χ1n) is 4.43. The van der Waals surface area contributed by atoms with E-state index in [9.17, 15) is 13.6 Å². The van der Waals surface area contributed by atoms with Crippen molar-refractivity contribution in [3.05, 3.63) is 0 Å². The van der Waals surface area contributed by atoms with E-state index in [-0.39, 0.29) is 18.3 Å². The van der Waals surface area contributed by atoms with Crippen LogP contribution in [0, 0.1) is 5.41 Å². The van der Waals surface area contributed by atoms with E-state index in [2.05, 4.69) is 0 Å². The molecule has 0 aromatic heterocycles. The zero-order valence-corrected chi connectivity index (χ0v) is 7.85. The number of carbonyl (C=O) groups excluding carboxylic acids is 1. The van der Waals surface area contributed by atoms with Gasteiger partial charge in [0, 0.05) is 6.42 Å². The molecule has 0 aliphatic heterocycles. The predicted molar refractivity (Wildman–Crippen MR) is 43.8 cm³/mol. The van der Waals surface area contributed by atoms with Crippen LogP contribution >= 0.6 is 0 Å². The minimum absolute atomic E-state index is 0.120. The van der Waals surface area contributed by atoms with Gasteiger partial charge in [0.1, 0.15) is 12.4 Å². The molecule has 2 nitrogen and oxygen atoms in total. The maximum absolute atomic E-state index is 11.8. The summed E-state index contributed by atoms with van der Waals surface area (Å²) < 4.78 is 28.5. The molecule has 1 aliphatic rings. The highest BCUT2D eigenvalue weighted by atomic mass is 19.3. The number of hydrogen-bond donors (Lipinski definition) is 0. The van der Waals surface area contributed by atoms with E-state index in [1.54, 1.807) is 6.92 Å². The number of ether oxygens (including phenoxy) is 1. The molecule has 0 amide bonds. The van der Waals surface area contributed by atoms with Crippen molar-refractivity contribution in [2.75, 3.05) is 6.61 Å². The van der Waals surface area contributed by atoms with Crippen LogP contribution < -0.4 is 0 Å². The molecule has 0 aromatic rings. The highest BCUT2D eigenvalue weighted by Gasteiger charge is 2.50. The second kappa shape index (κ2) is 3.70. The van der Waals surface area contributed by atoms with E-state index in [4.69, 9.17) is 4.74 Å². The van der Waals surface area contributed by atoms with Gasteiger partial charge in [0.15, 0.2) is 0 Å². The number of rotatable bonds is 4. The molecule has 1 fully saturated rings. The topological polar surface area (TPSA) is 26.3 Å². The van der Waals surface area contributed by atoms with Crippen molar-refractivity contribution in [2.45, 2.75) is 39.2 Å². The molecule has 0 N–H and O–H groups in total. The van der Waals surface area contributed by atoms with Crippen molar-refractivity contribution < 1.29 is 18.3 Å². The highest BCUT2D eigenvalue weighted by molar-refractivity contribution is 5.91. The van der Waals surface area contributed by atoms with Crippen LogP contribution in [0.5, 0.6) is 0 Å². The number of halogens is 2. The Labute approximate surface area is 76.3 Å². The van der Waals surface area contributed by atoms with Crippen LogP contribution in [0.1, 0.15) is 26.7 Å². The summed E-state index contributed by atoms with van der Waals surface area (Å²) in [5.74, 6) is 0.120. The molecular weight excluding hydrogens is 178 g/mol. The lowest BCUT2D eigenvalue weighted by Crippen LogP contribution is -2.53. The fraction of sp³-hybridized carbons (Fsp3) is 0.889. The maximum Gasteiger partial charge on any atom is 0.261 e. The molecule has 1 saturated carbocycles. The van der Waals surface area contributed by atoms with Gasteiger partial charge in [-0.1, -0.05) is 13.8 Å². The molecule has 0 radical (unpaired) electrons. The molecule has 0 heterocycles. The van der Waals surface area contributed by atoms with Gasteiger partial charge in [-0.2, -0.15) is 0 Å². The fourth-order valence-electron chi connectivity index (χ4n) is 1.53. The second-order valence-corrected chi connectivity index (χ2v) is 3.61. The first-order valence-corrected chi connectivity index (χ1v) is 4.43. The summed E-state index contributed by atoms with van der Waals surface area (Å²) in [6.45, 7) is 3.08. The Morgan fingerprint density at radius 3 is 2.69 bits per heavy atom. The van der Waals surface area contributed by atoms with Crippen LogP contribution in [0.3, 0.4) is 0 Å². The van der Waals surface area contributed by atoms with E-state index < -0.39 is 18.4 Å². The van der Waals surface area contributed by atoms with Gasteiger partial charge in [-0.25, -0.2) is 8.78 Å². The predicted octanol–water partition coefficient (Wildman–Crippen LogP) is 2.03. The summed E-state index contributed by atoms with van der Waals surface area (Å²) in [5.41, 5.74) is -0.519. The molecule has 1 aliphatic carbocycles. The lowest BCUT2D eigenvalue weighted by Gasteiger charge is -2.44. The Balaban J connectivity index is 2.41. The van der Waals surface area contributed by atoms with Gasteiger partial charge >= 0.3 is 0 Å². The minimum atomic E-state index is -2.45. The molecule has 4 heteroatoms. The van der Waals surface area contributed by atoms with Crippen molar-refractivity contribution in [2.24, 2.45) is 5.41 Å². The quantitative estimate of drug-likeness (QED) is 0.681. The van der Waals surface area contributed by atoms with Crippen molar-refractivity contribution in [1.29, 1.82) is 0 Å². The Hall–Kier alpha value is -0.510. The molecule has 13 heavy (non-hydrogen) atoms. The number of alkyl halides is 2. The average Bonchev–Trinajstić information content (AvgIpc) is 2.10. The summed E-state index contributed by atoms with van der Waals surface area (Å²) in [6.07, 6.45) is -1.81. The van der Waals surface area contributed by atoms with E-state index in [0.29, 0.717) is 6.42 Å². The molecule has 76 valence electrons. The van der Waals surface area contributed by atoms with Crippen LogP contribution in [-0.2, 0) is 9.53 Å². The van der Waals surface area contributed by atoms with Gasteiger partial charge in [-0.05, 0) is 6.42 Å². The molecule has 0 spiro atoms. The van der Waals surface area contributed by atoms with Crippen molar-refractivity contribution in [1.82, 2.24) is 0 Å². The first kappa shape index (κ1) is 10.6. The molecule has 2 unspecified atom stereocenters. The van der Waals surface area contributed by atoms with E-state index in [1.165, 1.54) is 0 Å². The summed E-state index contributed by atoms with van der Waals surface area (Å²) in [4.78, 5) is 11.2. The number of ketones is 1. The van der Waals surface area contributed by atoms with Gasteiger partial charge < -0.3 is 4.74 Å². The Morgan fingerprint density at radius 1 is 1.69 bits per heavy atom. The molecule has 0 bridgehead atoms. The second-order valence-electron chi connectivity index (χ2n) is 3.61. The fourth-order valence-corrected chi connectivity index (χ4v) is 1.53. The largest absolute Gasteiger partial charge is 0.371 e. The molecule has 0 aromatic carbocycles. The van der Waals surface area contributed by atoms with Crippen LogP contribution in [0.4, 0.5) is 8.78 Å². The minimum Gasteiger partial charge on any atom is -0.371 e. The molecule has 2 atom stereocenters. The van der Waals surface area contributed by atoms with Gasteiger partial charge in [-0.15, -0.1) is 0 Å². The zero-order valence-electron chi connectivity index (χ0n) is 7.85. The van der Waals surface area contributed by atoms with E-state index in [0.717, 1.165) is 0 Å². The van der Waals surface area contributed by atoms with Gasteiger partial charge in [0.05, 0.1) is 11.5 Å². The van der Waals surface area contributed by atoms with Crippen molar-refractivity contribution in [3.63, 3.8) is 0 Å². The Morgan fingerprint density at radius 2 is 2.31 bits per heavy atom. The number of carbonyl (C=O) groups is 1. The highest BCUT2D eigenvalue weighted by Crippen LogP contribution is 2.42. The summed E-state index contributed by atoms with van der Waals surface area (Å²) in [5, 5.41) is 0. The lowest BCUT2D eigenvalue weighted by atomic mass is 9.64. The van der Waals surface area contributed by atoms with Crippen LogP contribution in [-0.4, -0.2) is 24.9 Å². The van der Waals surface area contributed by atoms with Crippen LogP contribution in [0.25, 0.3) is 0 Å². The van der Waals surface area contributed by atoms with E-state index >= 15 is 0 Å². The average molecular weight is 192 g/mol. The molecule has 1 rings (SSSR count). The number of hydrogen-bond acceptors (Lipinski definition) is 2. The Kier molecular flexibility index (Phi) is 3.01. The third kappa shape index (κ3) is 1.88. The summed E-state index contributed by atoms with van der Waals surface area (Å²) >= 11 is 0. The molecular formula is C9H14F2O2. The smallest absolute Gasteiger partial charge is 0.261 e. The summed E-state index contributed by atoms with van der Waals surface area (Å²) in [6, 6.07) is 0. The third-order valence-corrected chi connectivity index (χ3v) is 2.88. The normalized spacial score (nSPS) is 33.6. The van der Waals surface area contributed by atoms with Gasteiger partial charge in [-0.3, -0.25) is 4.79 Å². The number of Topliss-reactive ketones (excluding diaryl/α,β-unsaturated/α-hetero) is 1. The van der Waals surface area contributed by atoms with Crippen LogP contribution in [0.2, 0.25) is 0 Å². The zero-order chi connectivity index (χ0) is 10.1. The summed E-state index contributed by atoms with van der Waals surface area (Å²) in [7, 11) is 0. The third-order valence-electron chi connectivity index (χ3n) is 2.88. The van der Waals surface area contributed by atoms with E-state index in [1.807, 2.05) is 6.92 Å². The SMILES string of the molecule is CCC1(C)C(=O)CC1OCC(F)F. The standard InChI is InChI=1S/C9H14F2O2/c1-3-9(2)6(12)4-7(9)13-5-8(10)11/h7-8H,3-5H2,1-2H3. The first-order chi connectivity index (χ1) is 6.00. The monoisotopic (exact) mass is 192 g/mol. The maximum atomic E-state index is 11.8. The Bertz CT molecular complexity index is 206. The van der Waals surface area contributed by atoms with Crippen molar-refractivity contribution >= 4 is 5.78 Å². The molecule has 0 saturated heterocycles.